The molecule has 2 aromatic rings. The highest BCUT2D eigenvalue weighted by Crippen LogP contribution is 2.18. The normalized spacial score (nSPS) is 11.8. The highest BCUT2D eigenvalue weighted by Gasteiger charge is 2.16. The summed E-state index contributed by atoms with van der Waals surface area (Å²) < 4.78 is 26.9. The van der Waals surface area contributed by atoms with Crippen molar-refractivity contribution in [3.8, 4) is 0 Å². The molecule has 0 aliphatic rings. The third kappa shape index (κ3) is 5.59. The van der Waals surface area contributed by atoms with Crippen LogP contribution in [0.1, 0.15) is 32.0 Å². The van der Waals surface area contributed by atoms with E-state index in [2.05, 4.69) is 31.3 Å². The van der Waals surface area contributed by atoms with Crippen LogP contribution in [0, 0.1) is 11.6 Å². The van der Waals surface area contributed by atoms with Crippen molar-refractivity contribution in [2.45, 2.75) is 38.6 Å². The first-order valence-electron chi connectivity index (χ1n) is 7.75. The number of nitrogens with zero attached hydrogens (tertiary/aromatic N) is 3. The number of benzene rings is 1. The Balaban J connectivity index is 1.79. The van der Waals surface area contributed by atoms with E-state index in [1.807, 2.05) is 6.92 Å². The van der Waals surface area contributed by atoms with Gasteiger partial charge in [-0.15, -0.1) is 10.2 Å². The predicted molar refractivity (Wildman–Crippen MR) is 84.3 cm³/mol. The van der Waals surface area contributed by atoms with Crippen molar-refractivity contribution in [2.24, 2.45) is 0 Å². The molecule has 0 bridgehead atoms. The van der Waals surface area contributed by atoms with Crippen LogP contribution >= 0.6 is 0 Å². The van der Waals surface area contributed by atoms with Gasteiger partial charge in [-0.3, -0.25) is 9.59 Å². The SMILES string of the molecule is CCC(Cc1nn[nH]n1)NC(=O)CCC(=O)Nc1c(F)cccc1F. The summed E-state index contributed by atoms with van der Waals surface area (Å²) in [6, 6.07) is 3.07. The molecular formula is C15H18F2N6O2. The van der Waals surface area contributed by atoms with Crippen LogP contribution in [0.4, 0.5) is 14.5 Å². The van der Waals surface area contributed by atoms with Gasteiger partial charge < -0.3 is 10.6 Å². The smallest absolute Gasteiger partial charge is 0.225 e. The number of para-hydroxylation sites is 1. The van der Waals surface area contributed by atoms with Crippen LogP contribution in [0.25, 0.3) is 0 Å². The van der Waals surface area contributed by atoms with E-state index in [0.717, 1.165) is 12.1 Å². The number of H-pyrrole nitrogens is 1. The fourth-order valence-electron chi connectivity index (χ4n) is 2.13. The minimum Gasteiger partial charge on any atom is -0.353 e. The lowest BCUT2D eigenvalue weighted by atomic mass is 10.1. The largest absolute Gasteiger partial charge is 0.353 e. The van der Waals surface area contributed by atoms with E-state index in [4.69, 9.17) is 0 Å². The Labute approximate surface area is 142 Å². The van der Waals surface area contributed by atoms with Gasteiger partial charge in [0.25, 0.3) is 0 Å². The summed E-state index contributed by atoms with van der Waals surface area (Å²) in [7, 11) is 0. The molecule has 1 aromatic carbocycles. The summed E-state index contributed by atoms with van der Waals surface area (Å²) in [5.41, 5.74) is -0.517. The minimum absolute atomic E-state index is 0.106. The third-order valence-electron chi connectivity index (χ3n) is 3.48. The summed E-state index contributed by atoms with van der Waals surface area (Å²) in [6.07, 6.45) is 0.751. The van der Waals surface area contributed by atoms with E-state index in [-0.39, 0.29) is 24.8 Å². The number of aromatic amines is 1. The van der Waals surface area contributed by atoms with Gasteiger partial charge in [-0.1, -0.05) is 18.2 Å². The van der Waals surface area contributed by atoms with E-state index in [1.54, 1.807) is 0 Å². The molecule has 134 valence electrons. The number of aromatic nitrogens is 4. The van der Waals surface area contributed by atoms with Crippen LogP contribution in [0.15, 0.2) is 18.2 Å². The molecule has 2 amide bonds. The number of carbonyl (C=O) groups is 2. The molecule has 0 fully saturated rings. The fraction of sp³-hybridized carbons (Fsp3) is 0.400. The maximum atomic E-state index is 13.5. The van der Waals surface area contributed by atoms with E-state index >= 15 is 0 Å². The topological polar surface area (TPSA) is 113 Å². The molecule has 2 rings (SSSR count). The Morgan fingerprint density at radius 1 is 1.20 bits per heavy atom. The zero-order valence-corrected chi connectivity index (χ0v) is 13.6. The zero-order valence-electron chi connectivity index (χ0n) is 13.6. The molecule has 0 aliphatic heterocycles. The molecule has 1 unspecified atom stereocenters. The van der Waals surface area contributed by atoms with Crippen LogP contribution < -0.4 is 10.6 Å². The number of anilines is 1. The zero-order chi connectivity index (χ0) is 18.2. The molecule has 0 spiro atoms. The monoisotopic (exact) mass is 352 g/mol. The lowest BCUT2D eigenvalue weighted by molar-refractivity contribution is -0.124. The molecule has 10 heteroatoms. The van der Waals surface area contributed by atoms with Gasteiger partial charge in [0.2, 0.25) is 11.8 Å². The van der Waals surface area contributed by atoms with E-state index in [9.17, 15) is 18.4 Å². The molecule has 25 heavy (non-hydrogen) atoms. The van der Waals surface area contributed by atoms with Crippen LogP contribution in [0.5, 0.6) is 0 Å². The van der Waals surface area contributed by atoms with Gasteiger partial charge in [-0.05, 0) is 18.6 Å². The summed E-state index contributed by atoms with van der Waals surface area (Å²) in [5.74, 6) is -2.27. The van der Waals surface area contributed by atoms with E-state index in [1.165, 1.54) is 6.07 Å². The first-order valence-corrected chi connectivity index (χ1v) is 7.75. The number of carbonyl (C=O) groups excluding carboxylic acids is 2. The second-order valence-corrected chi connectivity index (χ2v) is 5.35. The second kappa shape index (κ2) is 8.81. The van der Waals surface area contributed by atoms with Crippen molar-refractivity contribution in [1.29, 1.82) is 0 Å². The van der Waals surface area contributed by atoms with Gasteiger partial charge >= 0.3 is 0 Å². The highest BCUT2D eigenvalue weighted by atomic mass is 19.1. The van der Waals surface area contributed by atoms with Crippen LogP contribution in [-0.2, 0) is 16.0 Å². The standard InChI is InChI=1S/C15H18F2N6O2/c1-2-9(8-12-20-22-23-21-12)18-13(24)6-7-14(25)19-15-10(16)4-3-5-11(15)17/h3-5,9H,2,6-8H2,1H3,(H,18,24)(H,19,25)(H,20,21,22,23). The lowest BCUT2D eigenvalue weighted by Crippen LogP contribution is -2.36. The molecule has 1 aromatic heterocycles. The second-order valence-electron chi connectivity index (χ2n) is 5.35. The molecule has 3 N–H and O–H groups in total. The molecule has 1 heterocycles. The Hall–Kier alpha value is -2.91. The summed E-state index contributed by atoms with van der Waals surface area (Å²) >= 11 is 0. The first-order chi connectivity index (χ1) is 12.0. The summed E-state index contributed by atoms with van der Waals surface area (Å²) in [5, 5.41) is 18.3. The predicted octanol–water partition coefficient (Wildman–Crippen LogP) is 1.33. The van der Waals surface area contributed by atoms with Gasteiger partial charge in [-0.25, -0.2) is 8.78 Å². The third-order valence-corrected chi connectivity index (χ3v) is 3.48. The maximum Gasteiger partial charge on any atom is 0.225 e. The number of amides is 2. The summed E-state index contributed by atoms with van der Waals surface area (Å²) in [6.45, 7) is 1.89. The molecular weight excluding hydrogens is 334 g/mol. The maximum absolute atomic E-state index is 13.5. The highest BCUT2D eigenvalue weighted by molar-refractivity contribution is 5.93. The van der Waals surface area contributed by atoms with E-state index in [0.29, 0.717) is 18.7 Å². The minimum atomic E-state index is -0.871. The number of rotatable bonds is 8. The quantitative estimate of drug-likeness (QED) is 0.663. The van der Waals surface area contributed by atoms with Gasteiger partial charge in [-0.2, -0.15) is 5.21 Å². The lowest BCUT2D eigenvalue weighted by Gasteiger charge is -2.15. The number of hydrogen-bond acceptors (Lipinski definition) is 5. The van der Waals surface area contributed by atoms with Gasteiger partial charge in [0.15, 0.2) is 5.82 Å². The average molecular weight is 352 g/mol. The number of hydrogen-bond donors (Lipinski definition) is 3. The van der Waals surface area contributed by atoms with Crippen LogP contribution in [0.3, 0.4) is 0 Å². The van der Waals surface area contributed by atoms with Crippen molar-refractivity contribution >= 4 is 17.5 Å². The van der Waals surface area contributed by atoms with Gasteiger partial charge in [0.05, 0.1) is 0 Å². The summed E-state index contributed by atoms with van der Waals surface area (Å²) in [4.78, 5) is 23.7. The fourth-order valence-corrected chi connectivity index (χ4v) is 2.13. The van der Waals surface area contributed by atoms with Crippen molar-refractivity contribution in [3.05, 3.63) is 35.7 Å². The van der Waals surface area contributed by atoms with Crippen molar-refractivity contribution < 1.29 is 18.4 Å². The van der Waals surface area contributed by atoms with Gasteiger partial charge in [0, 0.05) is 25.3 Å². The molecule has 0 aliphatic carbocycles. The molecule has 0 saturated carbocycles. The molecule has 0 saturated heterocycles. The molecule has 0 radical (unpaired) electrons. The Morgan fingerprint density at radius 3 is 2.48 bits per heavy atom. The Morgan fingerprint density at radius 2 is 1.88 bits per heavy atom. The van der Waals surface area contributed by atoms with E-state index < -0.39 is 23.2 Å². The van der Waals surface area contributed by atoms with Crippen LogP contribution in [-0.4, -0.2) is 38.5 Å². The number of nitrogens with one attached hydrogen (secondary N) is 3. The van der Waals surface area contributed by atoms with Crippen LogP contribution in [0.2, 0.25) is 0 Å². The van der Waals surface area contributed by atoms with Gasteiger partial charge in [0.1, 0.15) is 17.3 Å². The van der Waals surface area contributed by atoms with Crippen molar-refractivity contribution in [3.63, 3.8) is 0 Å². The molecule has 8 nitrogen and oxygen atoms in total. The Kier molecular flexibility index (Phi) is 6.49. The number of tetrazole rings is 1. The van der Waals surface area contributed by atoms with Crippen molar-refractivity contribution in [1.82, 2.24) is 25.9 Å². The first kappa shape index (κ1) is 18.4. The number of halogens is 2. The van der Waals surface area contributed by atoms with Crippen molar-refractivity contribution in [2.75, 3.05) is 5.32 Å². The Bertz CT molecular complexity index is 703. The molecule has 1 atom stereocenters. The average Bonchev–Trinajstić information content (AvgIpc) is 3.09.